The molecule has 0 saturated carbocycles. The van der Waals surface area contributed by atoms with E-state index in [1.165, 1.54) is 27.5 Å². The summed E-state index contributed by atoms with van der Waals surface area (Å²) in [6.07, 6.45) is 1.84. The van der Waals surface area contributed by atoms with Gasteiger partial charge in [0.2, 0.25) is 0 Å². The first-order valence-corrected chi connectivity index (χ1v) is 4.61. The fraction of sp³-hybridized carbons (Fsp3) is 0.100. The van der Waals surface area contributed by atoms with Crippen LogP contribution in [-0.2, 0) is 0 Å². The number of aromatic nitrogens is 1. The summed E-state index contributed by atoms with van der Waals surface area (Å²) in [5, 5.41) is 0. The van der Waals surface area contributed by atoms with Gasteiger partial charge in [0, 0.05) is 6.20 Å². The van der Waals surface area contributed by atoms with Gasteiger partial charge in [0.25, 0.3) is 0 Å². The quantitative estimate of drug-likeness (QED) is 0.649. The van der Waals surface area contributed by atoms with Crippen LogP contribution in [0.3, 0.4) is 0 Å². The lowest BCUT2D eigenvalue weighted by Crippen LogP contribution is -1.73. The molecule has 0 fully saturated rings. The molecule has 0 unspecified atom stereocenters. The molecule has 0 saturated heterocycles. The summed E-state index contributed by atoms with van der Waals surface area (Å²) in [5.74, 6) is 0. The summed E-state index contributed by atoms with van der Waals surface area (Å²) in [5.41, 5.74) is 2.55. The van der Waals surface area contributed by atoms with Gasteiger partial charge in [0.15, 0.2) is 0 Å². The molecule has 0 N–H and O–H groups in total. The Bertz CT molecular complexity index is 365. The predicted octanol–water partition coefficient (Wildman–Crippen LogP) is 3.12. The summed E-state index contributed by atoms with van der Waals surface area (Å²) < 4.78 is 4.07. The minimum absolute atomic E-state index is 1.23. The second-order valence-electron chi connectivity index (χ2n) is 2.75. The molecule has 0 aliphatic heterocycles. The first-order chi connectivity index (χ1) is 5.86. The minimum atomic E-state index is 1.23. The molecular formula is C10H9NS. The van der Waals surface area contributed by atoms with Crippen LogP contribution in [0.4, 0.5) is 0 Å². The number of nitrogens with zero attached hydrogens (tertiary/aromatic N) is 1. The average Bonchev–Trinajstić information content (AvgIpc) is 2.56. The summed E-state index contributed by atoms with van der Waals surface area (Å²) in [7, 11) is 0. The highest BCUT2D eigenvalue weighted by molar-refractivity contribution is 7.09. The molecule has 1 aromatic carbocycles. The highest BCUT2D eigenvalue weighted by Gasteiger charge is 1.97. The largest absolute Gasteiger partial charge is 0.201 e. The fourth-order valence-corrected chi connectivity index (χ4v) is 1.75. The second-order valence-corrected chi connectivity index (χ2v) is 3.58. The van der Waals surface area contributed by atoms with Crippen molar-refractivity contribution in [2.45, 2.75) is 6.92 Å². The Hall–Kier alpha value is -1.15. The lowest BCUT2D eigenvalue weighted by Gasteiger charge is -1.96. The standard InChI is InChI=1S/C10H9NS/c1-8-3-2-4-9(7-8)10-5-6-11-12-10/h2-7H,1H3. The zero-order chi connectivity index (χ0) is 8.39. The Morgan fingerprint density at radius 3 is 2.83 bits per heavy atom. The van der Waals surface area contributed by atoms with Gasteiger partial charge < -0.3 is 0 Å². The van der Waals surface area contributed by atoms with Gasteiger partial charge in [-0.05, 0) is 30.1 Å². The topological polar surface area (TPSA) is 12.9 Å². The van der Waals surface area contributed by atoms with E-state index in [0.717, 1.165) is 0 Å². The molecule has 0 bridgehead atoms. The average molecular weight is 175 g/mol. The van der Waals surface area contributed by atoms with Crippen LogP contribution >= 0.6 is 11.5 Å². The lowest BCUT2D eigenvalue weighted by molar-refractivity contribution is 1.48. The molecule has 60 valence electrons. The Morgan fingerprint density at radius 1 is 1.25 bits per heavy atom. The molecule has 0 amide bonds. The maximum absolute atomic E-state index is 4.07. The Balaban J connectivity index is 2.48. The van der Waals surface area contributed by atoms with E-state index in [-0.39, 0.29) is 0 Å². The summed E-state index contributed by atoms with van der Waals surface area (Å²) in [4.78, 5) is 1.23. The van der Waals surface area contributed by atoms with E-state index in [0.29, 0.717) is 0 Å². The molecule has 2 aromatic rings. The smallest absolute Gasteiger partial charge is 0.0549 e. The zero-order valence-corrected chi connectivity index (χ0v) is 7.64. The van der Waals surface area contributed by atoms with E-state index in [2.05, 4.69) is 35.6 Å². The predicted molar refractivity (Wildman–Crippen MR) is 52.3 cm³/mol. The fourth-order valence-electron chi connectivity index (χ4n) is 1.16. The Labute approximate surface area is 75.9 Å². The Morgan fingerprint density at radius 2 is 2.17 bits per heavy atom. The van der Waals surface area contributed by atoms with Crippen molar-refractivity contribution in [3.63, 3.8) is 0 Å². The molecule has 2 rings (SSSR count). The SMILES string of the molecule is Cc1cccc(-c2ccns2)c1. The molecule has 0 radical (unpaired) electrons. The molecule has 2 heteroatoms. The molecule has 1 heterocycles. The third-order valence-corrected chi connectivity index (χ3v) is 2.54. The summed E-state index contributed by atoms with van der Waals surface area (Å²) in [6.45, 7) is 2.10. The number of hydrogen-bond acceptors (Lipinski definition) is 2. The summed E-state index contributed by atoms with van der Waals surface area (Å²) >= 11 is 1.53. The van der Waals surface area contributed by atoms with Gasteiger partial charge in [0.1, 0.15) is 0 Å². The first-order valence-electron chi connectivity index (χ1n) is 3.84. The maximum atomic E-state index is 4.07. The second kappa shape index (κ2) is 3.07. The van der Waals surface area contributed by atoms with Gasteiger partial charge in [0.05, 0.1) is 4.88 Å². The van der Waals surface area contributed by atoms with E-state index < -0.39 is 0 Å². The van der Waals surface area contributed by atoms with Crippen LogP contribution in [0.1, 0.15) is 5.56 Å². The van der Waals surface area contributed by atoms with Gasteiger partial charge in [-0.1, -0.05) is 29.8 Å². The third-order valence-electron chi connectivity index (χ3n) is 1.74. The molecule has 0 atom stereocenters. The number of benzene rings is 1. The van der Waals surface area contributed by atoms with E-state index in [1.54, 1.807) is 0 Å². The monoisotopic (exact) mass is 175 g/mol. The van der Waals surface area contributed by atoms with Crippen molar-refractivity contribution in [3.8, 4) is 10.4 Å². The normalized spacial score (nSPS) is 10.1. The maximum Gasteiger partial charge on any atom is 0.0549 e. The highest BCUT2D eigenvalue weighted by Crippen LogP contribution is 2.22. The molecule has 12 heavy (non-hydrogen) atoms. The van der Waals surface area contributed by atoms with Crippen LogP contribution in [0.15, 0.2) is 36.5 Å². The molecular weight excluding hydrogens is 166 g/mol. The number of rotatable bonds is 1. The number of aryl methyl sites for hydroxylation is 1. The third kappa shape index (κ3) is 1.38. The van der Waals surface area contributed by atoms with Gasteiger partial charge in [-0.2, -0.15) is 0 Å². The highest BCUT2D eigenvalue weighted by atomic mass is 32.1. The van der Waals surface area contributed by atoms with Crippen molar-refractivity contribution in [2.24, 2.45) is 0 Å². The van der Waals surface area contributed by atoms with Crippen molar-refractivity contribution in [2.75, 3.05) is 0 Å². The van der Waals surface area contributed by atoms with E-state index in [1.807, 2.05) is 12.3 Å². The Kier molecular flexibility index (Phi) is 1.92. The van der Waals surface area contributed by atoms with Crippen LogP contribution in [-0.4, -0.2) is 4.37 Å². The van der Waals surface area contributed by atoms with Crippen LogP contribution in [0.25, 0.3) is 10.4 Å². The van der Waals surface area contributed by atoms with Crippen LogP contribution in [0.5, 0.6) is 0 Å². The van der Waals surface area contributed by atoms with E-state index in [4.69, 9.17) is 0 Å². The molecule has 0 spiro atoms. The van der Waals surface area contributed by atoms with E-state index in [9.17, 15) is 0 Å². The molecule has 1 nitrogen and oxygen atoms in total. The van der Waals surface area contributed by atoms with Gasteiger partial charge in [-0.15, -0.1) is 0 Å². The van der Waals surface area contributed by atoms with Crippen molar-refractivity contribution < 1.29 is 0 Å². The van der Waals surface area contributed by atoms with Crippen molar-refractivity contribution in [3.05, 3.63) is 42.1 Å². The first kappa shape index (κ1) is 7.50. The van der Waals surface area contributed by atoms with Crippen molar-refractivity contribution in [1.29, 1.82) is 0 Å². The molecule has 1 aromatic heterocycles. The molecule has 0 aliphatic carbocycles. The minimum Gasteiger partial charge on any atom is -0.201 e. The van der Waals surface area contributed by atoms with Crippen LogP contribution in [0, 0.1) is 6.92 Å². The van der Waals surface area contributed by atoms with Gasteiger partial charge in [-0.3, -0.25) is 0 Å². The van der Waals surface area contributed by atoms with Gasteiger partial charge in [-0.25, -0.2) is 4.37 Å². The zero-order valence-electron chi connectivity index (χ0n) is 6.82. The summed E-state index contributed by atoms with van der Waals surface area (Å²) in [6, 6.07) is 10.5. The van der Waals surface area contributed by atoms with Crippen molar-refractivity contribution >= 4 is 11.5 Å². The molecule has 0 aliphatic rings. The van der Waals surface area contributed by atoms with Crippen molar-refractivity contribution in [1.82, 2.24) is 4.37 Å². The lowest BCUT2D eigenvalue weighted by atomic mass is 10.1. The van der Waals surface area contributed by atoms with Crippen LogP contribution in [0.2, 0.25) is 0 Å². The van der Waals surface area contributed by atoms with E-state index >= 15 is 0 Å². The van der Waals surface area contributed by atoms with Gasteiger partial charge >= 0.3 is 0 Å². The van der Waals surface area contributed by atoms with Crippen LogP contribution < -0.4 is 0 Å². The number of hydrogen-bond donors (Lipinski definition) is 0.